The Morgan fingerprint density at radius 3 is 2.31 bits per heavy atom. The van der Waals surface area contributed by atoms with Crippen LogP contribution in [-0.4, -0.2) is 11.2 Å². The first kappa shape index (κ1) is 15.5. The van der Waals surface area contributed by atoms with Gasteiger partial charge in [0.25, 0.3) is 0 Å². The zero-order valence-electron chi connectivity index (χ0n) is 8.99. The molecule has 1 N–H and O–H groups in total. The Hall–Kier alpha value is -0.0100. The van der Waals surface area contributed by atoms with Gasteiger partial charge in [-0.1, -0.05) is 45.8 Å². The maximum absolute atomic E-state index is 9.40. The molecule has 0 amide bonds. The fourth-order valence-electron chi connectivity index (χ4n) is 0.970. The summed E-state index contributed by atoms with van der Waals surface area (Å²) in [5.74, 6) is 0.340. The summed E-state index contributed by atoms with van der Waals surface area (Å²) < 4.78 is 0. The van der Waals surface area contributed by atoms with Crippen LogP contribution in [0.1, 0.15) is 46.5 Å². The lowest BCUT2D eigenvalue weighted by Crippen LogP contribution is -2.10. The largest absolute Gasteiger partial charge is 0.389 e. The van der Waals surface area contributed by atoms with E-state index in [0.29, 0.717) is 5.92 Å². The van der Waals surface area contributed by atoms with Crippen molar-refractivity contribution in [2.45, 2.75) is 52.6 Å². The molecule has 0 aromatic heterocycles. The number of rotatable bonds is 6. The third-order valence-corrected chi connectivity index (χ3v) is 1.99. The minimum atomic E-state index is -0.258. The first-order valence-corrected chi connectivity index (χ1v) is 5.03. The van der Waals surface area contributed by atoms with Gasteiger partial charge in [-0.3, -0.25) is 0 Å². The molecule has 0 aromatic rings. The second-order valence-electron chi connectivity index (χ2n) is 3.66. The Labute approximate surface area is 88.6 Å². The molecule has 13 heavy (non-hydrogen) atoms. The van der Waals surface area contributed by atoms with Crippen LogP contribution in [0.2, 0.25) is 0 Å². The second-order valence-corrected chi connectivity index (χ2v) is 3.66. The molecule has 0 rings (SSSR count). The second kappa shape index (κ2) is 10.1. The van der Waals surface area contributed by atoms with Gasteiger partial charge in [0.05, 0.1) is 6.10 Å². The Morgan fingerprint density at radius 1 is 1.23 bits per heavy atom. The maximum atomic E-state index is 9.40. The van der Waals surface area contributed by atoms with Gasteiger partial charge < -0.3 is 5.11 Å². The first-order valence-electron chi connectivity index (χ1n) is 5.03. The SMILES string of the molecule is CCCCC/C=C/C(O)C(C)C.Cl. The van der Waals surface area contributed by atoms with Crippen LogP contribution in [0.4, 0.5) is 0 Å². The molecular weight excluding hydrogens is 184 g/mol. The van der Waals surface area contributed by atoms with E-state index >= 15 is 0 Å². The molecule has 0 saturated heterocycles. The van der Waals surface area contributed by atoms with Crippen LogP contribution in [0.3, 0.4) is 0 Å². The van der Waals surface area contributed by atoms with Crippen molar-refractivity contribution in [3.63, 3.8) is 0 Å². The van der Waals surface area contributed by atoms with Gasteiger partial charge in [-0.05, 0) is 18.8 Å². The molecule has 0 aliphatic carbocycles. The van der Waals surface area contributed by atoms with Crippen molar-refractivity contribution in [2.24, 2.45) is 5.92 Å². The molecule has 0 aromatic carbocycles. The number of allylic oxidation sites excluding steroid dienone is 1. The van der Waals surface area contributed by atoms with E-state index in [-0.39, 0.29) is 18.5 Å². The lowest BCUT2D eigenvalue weighted by molar-refractivity contribution is 0.172. The molecule has 0 saturated carbocycles. The van der Waals surface area contributed by atoms with E-state index < -0.39 is 0 Å². The quantitative estimate of drug-likeness (QED) is 0.521. The highest BCUT2D eigenvalue weighted by Gasteiger charge is 2.02. The third kappa shape index (κ3) is 9.91. The van der Waals surface area contributed by atoms with E-state index in [1.165, 1.54) is 19.3 Å². The number of aliphatic hydroxyl groups excluding tert-OH is 1. The predicted octanol–water partition coefficient (Wildman–Crippen LogP) is 3.56. The fraction of sp³-hybridized carbons (Fsp3) is 0.818. The van der Waals surface area contributed by atoms with E-state index in [2.05, 4.69) is 13.0 Å². The molecule has 1 unspecified atom stereocenters. The number of halogens is 1. The molecular formula is C11H23ClO. The van der Waals surface area contributed by atoms with Crippen LogP contribution in [0, 0.1) is 5.92 Å². The smallest absolute Gasteiger partial charge is 0.0743 e. The highest BCUT2D eigenvalue weighted by atomic mass is 35.5. The Bertz CT molecular complexity index is 121. The normalized spacial score (nSPS) is 13.3. The summed E-state index contributed by atoms with van der Waals surface area (Å²) in [6.07, 6.45) is 8.67. The lowest BCUT2D eigenvalue weighted by atomic mass is 10.1. The molecule has 1 nitrogen and oxygen atoms in total. The average molecular weight is 207 g/mol. The topological polar surface area (TPSA) is 20.2 Å². The standard InChI is InChI=1S/C11H22O.ClH/c1-4-5-6-7-8-9-11(12)10(2)3;/h8-12H,4-7H2,1-3H3;1H/b9-8+;. The van der Waals surface area contributed by atoms with Crippen LogP contribution in [-0.2, 0) is 0 Å². The first-order chi connectivity index (χ1) is 5.68. The summed E-state index contributed by atoms with van der Waals surface area (Å²) in [5.41, 5.74) is 0. The molecule has 80 valence electrons. The van der Waals surface area contributed by atoms with Crippen molar-refractivity contribution in [1.29, 1.82) is 0 Å². The molecule has 0 heterocycles. The van der Waals surface area contributed by atoms with Crippen molar-refractivity contribution in [3.05, 3.63) is 12.2 Å². The zero-order chi connectivity index (χ0) is 9.40. The Balaban J connectivity index is 0. The average Bonchev–Trinajstić information content (AvgIpc) is 2.03. The minimum Gasteiger partial charge on any atom is -0.389 e. The molecule has 2 heteroatoms. The van der Waals surface area contributed by atoms with Gasteiger partial charge in [0.1, 0.15) is 0 Å². The van der Waals surface area contributed by atoms with Gasteiger partial charge in [0.2, 0.25) is 0 Å². The summed E-state index contributed by atoms with van der Waals surface area (Å²) in [4.78, 5) is 0. The summed E-state index contributed by atoms with van der Waals surface area (Å²) in [6, 6.07) is 0. The number of hydrogen-bond acceptors (Lipinski definition) is 1. The molecule has 0 bridgehead atoms. The minimum absolute atomic E-state index is 0. The molecule has 0 aliphatic heterocycles. The number of unbranched alkanes of at least 4 members (excludes halogenated alkanes) is 3. The molecule has 0 fully saturated rings. The monoisotopic (exact) mass is 206 g/mol. The zero-order valence-corrected chi connectivity index (χ0v) is 9.81. The van der Waals surface area contributed by atoms with Gasteiger partial charge in [-0.25, -0.2) is 0 Å². The Kier molecular flexibility index (Phi) is 12.0. The van der Waals surface area contributed by atoms with E-state index in [1.807, 2.05) is 19.9 Å². The number of aliphatic hydroxyl groups is 1. The van der Waals surface area contributed by atoms with Crippen molar-refractivity contribution in [3.8, 4) is 0 Å². The highest BCUT2D eigenvalue weighted by Crippen LogP contribution is 2.05. The highest BCUT2D eigenvalue weighted by molar-refractivity contribution is 5.85. The van der Waals surface area contributed by atoms with Gasteiger partial charge >= 0.3 is 0 Å². The van der Waals surface area contributed by atoms with E-state index in [4.69, 9.17) is 0 Å². The van der Waals surface area contributed by atoms with Crippen LogP contribution in [0.15, 0.2) is 12.2 Å². The summed E-state index contributed by atoms with van der Waals surface area (Å²) in [5, 5.41) is 9.40. The lowest BCUT2D eigenvalue weighted by Gasteiger charge is -2.08. The van der Waals surface area contributed by atoms with Gasteiger partial charge in [-0.2, -0.15) is 0 Å². The predicted molar refractivity (Wildman–Crippen MR) is 61.4 cm³/mol. The van der Waals surface area contributed by atoms with Crippen LogP contribution < -0.4 is 0 Å². The molecule has 1 atom stereocenters. The summed E-state index contributed by atoms with van der Waals surface area (Å²) in [7, 11) is 0. The van der Waals surface area contributed by atoms with Gasteiger partial charge in [0, 0.05) is 0 Å². The van der Waals surface area contributed by atoms with Crippen molar-refractivity contribution < 1.29 is 5.11 Å². The van der Waals surface area contributed by atoms with E-state index in [0.717, 1.165) is 6.42 Å². The third-order valence-electron chi connectivity index (χ3n) is 1.99. The molecule has 0 spiro atoms. The van der Waals surface area contributed by atoms with E-state index in [1.54, 1.807) is 0 Å². The summed E-state index contributed by atoms with van der Waals surface area (Å²) in [6.45, 7) is 6.26. The van der Waals surface area contributed by atoms with E-state index in [9.17, 15) is 5.11 Å². The van der Waals surface area contributed by atoms with Crippen LogP contribution >= 0.6 is 12.4 Å². The van der Waals surface area contributed by atoms with Gasteiger partial charge in [0.15, 0.2) is 0 Å². The van der Waals surface area contributed by atoms with Gasteiger partial charge in [-0.15, -0.1) is 12.4 Å². The van der Waals surface area contributed by atoms with Crippen molar-refractivity contribution in [1.82, 2.24) is 0 Å². The van der Waals surface area contributed by atoms with Crippen LogP contribution in [0.5, 0.6) is 0 Å². The molecule has 0 aliphatic rings. The summed E-state index contributed by atoms with van der Waals surface area (Å²) >= 11 is 0. The van der Waals surface area contributed by atoms with Crippen molar-refractivity contribution >= 4 is 12.4 Å². The molecule has 0 radical (unpaired) electrons. The maximum Gasteiger partial charge on any atom is 0.0743 e. The van der Waals surface area contributed by atoms with Crippen molar-refractivity contribution in [2.75, 3.05) is 0 Å². The van der Waals surface area contributed by atoms with Crippen LogP contribution in [0.25, 0.3) is 0 Å². The number of hydrogen-bond donors (Lipinski definition) is 1. The Morgan fingerprint density at radius 2 is 1.85 bits per heavy atom. The fourth-order valence-corrected chi connectivity index (χ4v) is 0.970.